The molecule has 1 atom stereocenters. The van der Waals surface area contributed by atoms with E-state index in [-0.39, 0.29) is 11.8 Å². The van der Waals surface area contributed by atoms with Crippen LogP contribution < -0.4 is 10.2 Å². The lowest BCUT2D eigenvalue weighted by Gasteiger charge is -2.26. The third kappa shape index (κ3) is 3.87. The first kappa shape index (κ1) is 16.5. The second kappa shape index (κ2) is 7.43. The van der Waals surface area contributed by atoms with E-state index >= 15 is 0 Å². The SMILES string of the molecule is CCCC(=O)N[C@@H](CC(C)C)C(=O)N1CCc2ccccc21. The highest BCUT2D eigenvalue weighted by Crippen LogP contribution is 2.28. The summed E-state index contributed by atoms with van der Waals surface area (Å²) in [7, 11) is 0. The molecule has 0 bridgehead atoms. The third-order valence-corrected chi connectivity index (χ3v) is 3.97. The molecule has 0 saturated carbocycles. The topological polar surface area (TPSA) is 49.4 Å². The predicted molar refractivity (Wildman–Crippen MR) is 88.8 cm³/mol. The summed E-state index contributed by atoms with van der Waals surface area (Å²) in [5, 5.41) is 2.93. The van der Waals surface area contributed by atoms with Crippen LogP contribution in [-0.4, -0.2) is 24.4 Å². The first-order valence-electron chi connectivity index (χ1n) is 8.21. The fourth-order valence-electron chi connectivity index (χ4n) is 2.94. The molecular formula is C18H26N2O2. The first-order valence-corrected chi connectivity index (χ1v) is 8.21. The highest BCUT2D eigenvalue weighted by Gasteiger charge is 2.31. The quantitative estimate of drug-likeness (QED) is 0.878. The number of nitrogens with zero attached hydrogens (tertiary/aromatic N) is 1. The summed E-state index contributed by atoms with van der Waals surface area (Å²) >= 11 is 0. The zero-order chi connectivity index (χ0) is 16.1. The molecule has 1 aliphatic heterocycles. The van der Waals surface area contributed by atoms with Gasteiger partial charge in [-0.1, -0.05) is 39.0 Å². The van der Waals surface area contributed by atoms with Crippen LogP contribution in [0.1, 0.15) is 45.6 Å². The number of anilines is 1. The largest absolute Gasteiger partial charge is 0.344 e. The number of para-hydroxylation sites is 1. The van der Waals surface area contributed by atoms with Crippen molar-refractivity contribution in [2.75, 3.05) is 11.4 Å². The van der Waals surface area contributed by atoms with Crippen molar-refractivity contribution in [1.29, 1.82) is 0 Å². The van der Waals surface area contributed by atoms with Gasteiger partial charge in [-0.05, 0) is 36.8 Å². The molecule has 1 aromatic carbocycles. The molecule has 0 radical (unpaired) electrons. The molecule has 1 aromatic rings. The van der Waals surface area contributed by atoms with Crippen LogP contribution in [0.2, 0.25) is 0 Å². The van der Waals surface area contributed by atoms with Crippen LogP contribution in [0.15, 0.2) is 24.3 Å². The van der Waals surface area contributed by atoms with Gasteiger partial charge in [0.1, 0.15) is 6.04 Å². The van der Waals surface area contributed by atoms with E-state index in [2.05, 4.69) is 25.2 Å². The minimum atomic E-state index is -0.426. The van der Waals surface area contributed by atoms with Gasteiger partial charge in [0.05, 0.1) is 0 Å². The highest BCUT2D eigenvalue weighted by molar-refractivity contribution is 6.00. The number of fused-ring (bicyclic) bond motifs is 1. The Morgan fingerprint density at radius 1 is 1.27 bits per heavy atom. The van der Waals surface area contributed by atoms with Crippen LogP contribution in [0.4, 0.5) is 5.69 Å². The molecule has 0 unspecified atom stereocenters. The Labute approximate surface area is 132 Å². The van der Waals surface area contributed by atoms with Crippen molar-refractivity contribution >= 4 is 17.5 Å². The van der Waals surface area contributed by atoms with Crippen LogP contribution in [0, 0.1) is 5.92 Å². The number of nitrogens with one attached hydrogen (secondary N) is 1. The number of carbonyl (C=O) groups is 2. The van der Waals surface area contributed by atoms with E-state index in [1.165, 1.54) is 5.56 Å². The molecule has 1 N–H and O–H groups in total. The van der Waals surface area contributed by atoms with Crippen LogP contribution in [-0.2, 0) is 16.0 Å². The van der Waals surface area contributed by atoms with Gasteiger partial charge in [-0.2, -0.15) is 0 Å². The van der Waals surface area contributed by atoms with E-state index in [1.54, 1.807) is 0 Å². The molecule has 0 aliphatic carbocycles. The van der Waals surface area contributed by atoms with Crippen LogP contribution in [0.5, 0.6) is 0 Å². The number of hydrogen-bond donors (Lipinski definition) is 1. The van der Waals surface area contributed by atoms with Crippen LogP contribution in [0.25, 0.3) is 0 Å². The summed E-state index contributed by atoms with van der Waals surface area (Å²) in [6.07, 6.45) is 2.83. The summed E-state index contributed by atoms with van der Waals surface area (Å²) in [4.78, 5) is 26.6. The summed E-state index contributed by atoms with van der Waals surface area (Å²) in [5.41, 5.74) is 2.20. The van der Waals surface area contributed by atoms with Crippen molar-refractivity contribution in [3.8, 4) is 0 Å². The van der Waals surface area contributed by atoms with Gasteiger partial charge < -0.3 is 10.2 Å². The van der Waals surface area contributed by atoms with Crippen molar-refractivity contribution in [2.24, 2.45) is 5.92 Å². The molecule has 4 heteroatoms. The molecule has 22 heavy (non-hydrogen) atoms. The van der Waals surface area contributed by atoms with Gasteiger partial charge >= 0.3 is 0 Å². The summed E-state index contributed by atoms with van der Waals surface area (Å²) in [6.45, 7) is 6.82. The molecular weight excluding hydrogens is 276 g/mol. The van der Waals surface area contributed by atoms with E-state index < -0.39 is 6.04 Å². The van der Waals surface area contributed by atoms with E-state index in [1.807, 2.05) is 30.0 Å². The normalized spacial score (nSPS) is 14.8. The van der Waals surface area contributed by atoms with Crippen LogP contribution >= 0.6 is 0 Å². The number of rotatable bonds is 6. The van der Waals surface area contributed by atoms with Gasteiger partial charge in [-0.15, -0.1) is 0 Å². The van der Waals surface area contributed by atoms with Gasteiger partial charge in [0, 0.05) is 18.7 Å². The Morgan fingerprint density at radius 3 is 2.68 bits per heavy atom. The zero-order valence-electron chi connectivity index (χ0n) is 13.8. The molecule has 0 spiro atoms. The number of carbonyl (C=O) groups excluding carboxylic acids is 2. The Balaban J connectivity index is 2.13. The summed E-state index contributed by atoms with van der Waals surface area (Å²) in [5.74, 6) is 0.339. The molecule has 120 valence electrons. The molecule has 0 saturated heterocycles. The molecule has 2 rings (SSSR count). The van der Waals surface area contributed by atoms with Gasteiger partial charge in [-0.3, -0.25) is 9.59 Å². The molecule has 1 heterocycles. The lowest BCUT2D eigenvalue weighted by atomic mass is 10.0. The van der Waals surface area contributed by atoms with Crippen LogP contribution in [0.3, 0.4) is 0 Å². The van der Waals surface area contributed by atoms with E-state index in [0.717, 1.165) is 18.5 Å². The van der Waals surface area contributed by atoms with Crippen molar-refractivity contribution in [3.63, 3.8) is 0 Å². The second-order valence-corrected chi connectivity index (χ2v) is 6.37. The van der Waals surface area contributed by atoms with E-state index in [4.69, 9.17) is 0 Å². The third-order valence-electron chi connectivity index (χ3n) is 3.97. The monoisotopic (exact) mass is 302 g/mol. The number of benzene rings is 1. The lowest BCUT2D eigenvalue weighted by molar-refractivity contribution is -0.127. The minimum absolute atomic E-state index is 0.0168. The summed E-state index contributed by atoms with van der Waals surface area (Å²) in [6, 6.07) is 7.58. The maximum absolute atomic E-state index is 12.9. The van der Waals surface area contributed by atoms with Crippen molar-refractivity contribution in [1.82, 2.24) is 5.32 Å². The molecule has 2 amide bonds. The Hall–Kier alpha value is -1.84. The van der Waals surface area contributed by atoms with Gasteiger partial charge in [0.25, 0.3) is 0 Å². The Kier molecular flexibility index (Phi) is 5.58. The minimum Gasteiger partial charge on any atom is -0.344 e. The average Bonchev–Trinajstić information content (AvgIpc) is 2.89. The average molecular weight is 302 g/mol. The Bertz CT molecular complexity index is 540. The summed E-state index contributed by atoms with van der Waals surface area (Å²) < 4.78 is 0. The second-order valence-electron chi connectivity index (χ2n) is 6.37. The smallest absolute Gasteiger partial charge is 0.249 e. The predicted octanol–water partition coefficient (Wildman–Crippen LogP) is 2.91. The maximum atomic E-state index is 12.9. The molecule has 4 nitrogen and oxygen atoms in total. The fourth-order valence-corrected chi connectivity index (χ4v) is 2.94. The zero-order valence-corrected chi connectivity index (χ0v) is 13.8. The molecule has 0 fully saturated rings. The maximum Gasteiger partial charge on any atom is 0.249 e. The number of amides is 2. The lowest BCUT2D eigenvalue weighted by Crippen LogP contribution is -2.48. The molecule has 1 aliphatic rings. The Morgan fingerprint density at radius 2 is 2.00 bits per heavy atom. The highest BCUT2D eigenvalue weighted by atomic mass is 16.2. The van der Waals surface area contributed by atoms with E-state index in [0.29, 0.717) is 25.3 Å². The fraction of sp³-hybridized carbons (Fsp3) is 0.556. The van der Waals surface area contributed by atoms with Crippen molar-refractivity contribution < 1.29 is 9.59 Å². The standard InChI is InChI=1S/C18H26N2O2/c1-4-7-17(21)19-15(12-13(2)3)18(22)20-11-10-14-8-5-6-9-16(14)20/h5-6,8-9,13,15H,4,7,10-12H2,1-3H3,(H,19,21)/t15-/m0/s1. The van der Waals surface area contributed by atoms with Gasteiger partial charge in [0.15, 0.2) is 0 Å². The van der Waals surface area contributed by atoms with Crippen molar-refractivity contribution in [3.05, 3.63) is 29.8 Å². The number of hydrogen-bond acceptors (Lipinski definition) is 2. The van der Waals surface area contributed by atoms with Gasteiger partial charge in [-0.25, -0.2) is 0 Å². The van der Waals surface area contributed by atoms with Gasteiger partial charge in [0.2, 0.25) is 11.8 Å². The van der Waals surface area contributed by atoms with E-state index in [9.17, 15) is 9.59 Å². The first-order chi connectivity index (χ1) is 10.5. The van der Waals surface area contributed by atoms with Crippen molar-refractivity contribution in [2.45, 2.75) is 52.5 Å². The molecule has 0 aromatic heterocycles.